The van der Waals surface area contributed by atoms with E-state index in [0.717, 1.165) is 22.0 Å². The van der Waals surface area contributed by atoms with Gasteiger partial charge in [-0.25, -0.2) is 4.79 Å². The Morgan fingerprint density at radius 2 is 1.95 bits per heavy atom. The quantitative estimate of drug-likeness (QED) is 0.753. The third-order valence-electron chi connectivity index (χ3n) is 2.95. The second-order valence-corrected chi connectivity index (χ2v) is 5.65. The lowest BCUT2D eigenvalue weighted by atomic mass is 10.2. The number of alkyl carbamates (subject to hydrolysis) is 1. The van der Waals surface area contributed by atoms with Gasteiger partial charge in [0.25, 0.3) is 0 Å². The van der Waals surface area contributed by atoms with E-state index in [2.05, 4.69) is 21.2 Å². The lowest BCUT2D eigenvalue weighted by molar-refractivity contribution is 0.140. The van der Waals surface area contributed by atoms with Crippen LogP contribution in [0.1, 0.15) is 17.5 Å². The van der Waals surface area contributed by atoms with Crippen molar-refractivity contribution in [2.75, 3.05) is 6.54 Å². The van der Waals surface area contributed by atoms with Crippen LogP contribution in [0.15, 0.2) is 65.1 Å². The van der Waals surface area contributed by atoms with Gasteiger partial charge in [0, 0.05) is 11.0 Å². The standard InChI is InChI=1S/C18H18BrNO2/c19-17-11-6-10-15(13-17)7-4-5-12-20-18(21)22-14-16-8-2-1-3-9-16/h1-4,6-11,13H,5,12,14H2,(H,20,21). The normalized spacial score (nSPS) is 10.6. The molecule has 0 saturated carbocycles. The van der Waals surface area contributed by atoms with Crippen molar-refractivity contribution in [1.82, 2.24) is 5.32 Å². The lowest BCUT2D eigenvalue weighted by Gasteiger charge is -2.05. The molecule has 0 bridgehead atoms. The van der Waals surface area contributed by atoms with Gasteiger partial charge in [-0.05, 0) is 29.7 Å². The first-order valence-electron chi connectivity index (χ1n) is 7.11. The van der Waals surface area contributed by atoms with E-state index in [9.17, 15) is 4.79 Å². The molecule has 2 rings (SSSR count). The van der Waals surface area contributed by atoms with E-state index < -0.39 is 0 Å². The molecule has 2 aromatic rings. The molecule has 1 N–H and O–H groups in total. The Balaban J connectivity index is 1.63. The van der Waals surface area contributed by atoms with Crippen molar-refractivity contribution in [1.29, 1.82) is 0 Å². The summed E-state index contributed by atoms with van der Waals surface area (Å²) in [7, 11) is 0. The summed E-state index contributed by atoms with van der Waals surface area (Å²) in [6.45, 7) is 0.846. The molecule has 0 radical (unpaired) electrons. The number of carbonyl (C=O) groups excluding carboxylic acids is 1. The molecule has 0 saturated heterocycles. The third-order valence-corrected chi connectivity index (χ3v) is 3.45. The summed E-state index contributed by atoms with van der Waals surface area (Å²) < 4.78 is 6.18. The van der Waals surface area contributed by atoms with Crippen LogP contribution in [0.5, 0.6) is 0 Å². The van der Waals surface area contributed by atoms with Gasteiger partial charge in [0.2, 0.25) is 0 Å². The molecule has 0 aliphatic heterocycles. The summed E-state index contributed by atoms with van der Waals surface area (Å²) in [4.78, 5) is 11.5. The van der Waals surface area contributed by atoms with Crippen molar-refractivity contribution in [3.05, 3.63) is 76.3 Å². The highest BCUT2D eigenvalue weighted by Crippen LogP contribution is 2.12. The molecule has 0 aliphatic carbocycles. The molecule has 0 unspecified atom stereocenters. The van der Waals surface area contributed by atoms with Gasteiger partial charge in [-0.3, -0.25) is 0 Å². The molecule has 0 aromatic heterocycles. The van der Waals surface area contributed by atoms with Gasteiger partial charge < -0.3 is 10.1 Å². The maximum Gasteiger partial charge on any atom is 0.407 e. The molecule has 0 heterocycles. The van der Waals surface area contributed by atoms with Gasteiger partial charge in [0.05, 0.1) is 0 Å². The number of amides is 1. The minimum atomic E-state index is -0.389. The van der Waals surface area contributed by atoms with E-state index in [4.69, 9.17) is 4.74 Å². The summed E-state index contributed by atoms with van der Waals surface area (Å²) in [5.74, 6) is 0. The number of carbonyl (C=O) groups is 1. The van der Waals surface area contributed by atoms with Crippen LogP contribution in [0.3, 0.4) is 0 Å². The van der Waals surface area contributed by atoms with Crippen molar-refractivity contribution in [3.63, 3.8) is 0 Å². The van der Waals surface area contributed by atoms with E-state index in [-0.39, 0.29) is 6.09 Å². The molecular weight excluding hydrogens is 342 g/mol. The van der Waals surface area contributed by atoms with Crippen LogP contribution in [-0.2, 0) is 11.3 Å². The predicted octanol–water partition coefficient (Wildman–Crippen LogP) is 4.78. The van der Waals surface area contributed by atoms with Gasteiger partial charge in [0.1, 0.15) is 6.61 Å². The van der Waals surface area contributed by atoms with Crippen LogP contribution in [0, 0.1) is 0 Å². The Hall–Kier alpha value is -2.07. The largest absolute Gasteiger partial charge is 0.445 e. The molecule has 114 valence electrons. The fourth-order valence-corrected chi connectivity index (χ4v) is 2.28. The lowest BCUT2D eigenvalue weighted by Crippen LogP contribution is -2.24. The fraction of sp³-hybridized carbons (Fsp3) is 0.167. The molecule has 3 nitrogen and oxygen atoms in total. The van der Waals surface area contributed by atoms with Crippen LogP contribution in [0.25, 0.3) is 6.08 Å². The molecule has 22 heavy (non-hydrogen) atoms. The number of ether oxygens (including phenoxy) is 1. The van der Waals surface area contributed by atoms with Gasteiger partial charge in [0.15, 0.2) is 0 Å². The van der Waals surface area contributed by atoms with Crippen molar-refractivity contribution < 1.29 is 9.53 Å². The molecule has 0 aliphatic rings. The van der Waals surface area contributed by atoms with Crippen molar-refractivity contribution in [3.8, 4) is 0 Å². The van der Waals surface area contributed by atoms with Crippen LogP contribution < -0.4 is 5.32 Å². The summed E-state index contributed by atoms with van der Waals surface area (Å²) in [6.07, 6.45) is 4.42. The SMILES string of the molecule is O=C(NCCC=Cc1cccc(Br)c1)OCc1ccccc1. The van der Waals surface area contributed by atoms with E-state index in [0.29, 0.717) is 13.2 Å². The van der Waals surface area contributed by atoms with E-state index in [1.54, 1.807) is 0 Å². The van der Waals surface area contributed by atoms with Gasteiger partial charge in [-0.2, -0.15) is 0 Å². The van der Waals surface area contributed by atoms with E-state index in [1.807, 2.05) is 66.7 Å². The molecule has 0 fully saturated rings. The van der Waals surface area contributed by atoms with E-state index >= 15 is 0 Å². The zero-order valence-corrected chi connectivity index (χ0v) is 13.8. The molecule has 0 spiro atoms. The average molecular weight is 360 g/mol. The van der Waals surface area contributed by atoms with Crippen LogP contribution in [0.2, 0.25) is 0 Å². The molecule has 2 aromatic carbocycles. The summed E-state index contributed by atoms with van der Waals surface area (Å²) in [5, 5.41) is 2.73. The first-order valence-corrected chi connectivity index (χ1v) is 7.90. The maximum absolute atomic E-state index is 11.5. The molecule has 0 atom stereocenters. The Bertz CT molecular complexity index is 626. The number of benzene rings is 2. The molecule has 4 heteroatoms. The smallest absolute Gasteiger partial charge is 0.407 e. The van der Waals surface area contributed by atoms with Crippen LogP contribution in [0.4, 0.5) is 4.79 Å². The minimum Gasteiger partial charge on any atom is -0.445 e. The van der Waals surface area contributed by atoms with Crippen molar-refractivity contribution in [2.45, 2.75) is 13.0 Å². The second-order valence-electron chi connectivity index (χ2n) is 4.73. The summed E-state index contributed by atoms with van der Waals surface area (Å²) in [5.41, 5.74) is 2.10. The summed E-state index contributed by atoms with van der Waals surface area (Å²) in [6, 6.07) is 17.7. The average Bonchev–Trinajstić information content (AvgIpc) is 2.54. The van der Waals surface area contributed by atoms with Gasteiger partial charge in [-0.1, -0.05) is 70.5 Å². The first kappa shape index (κ1) is 16.3. The maximum atomic E-state index is 11.5. The van der Waals surface area contributed by atoms with Gasteiger partial charge >= 0.3 is 6.09 Å². The highest BCUT2D eigenvalue weighted by Gasteiger charge is 2.00. The zero-order valence-electron chi connectivity index (χ0n) is 12.2. The predicted molar refractivity (Wildman–Crippen MR) is 92.4 cm³/mol. The second kappa shape index (κ2) is 9.05. The van der Waals surface area contributed by atoms with Crippen LogP contribution in [-0.4, -0.2) is 12.6 Å². The zero-order chi connectivity index (χ0) is 15.6. The molecular formula is C18H18BrNO2. The highest BCUT2D eigenvalue weighted by molar-refractivity contribution is 9.10. The Morgan fingerprint density at radius 3 is 2.73 bits per heavy atom. The summed E-state index contributed by atoms with van der Waals surface area (Å²) >= 11 is 3.43. The van der Waals surface area contributed by atoms with Gasteiger partial charge in [-0.15, -0.1) is 0 Å². The third kappa shape index (κ3) is 6.14. The number of halogens is 1. The topological polar surface area (TPSA) is 38.3 Å². The highest BCUT2D eigenvalue weighted by atomic mass is 79.9. The Kier molecular flexibility index (Phi) is 6.71. The number of nitrogens with one attached hydrogen (secondary N) is 1. The van der Waals surface area contributed by atoms with Crippen molar-refractivity contribution in [2.24, 2.45) is 0 Å². The Labute approximate surface area is 139 Å². The van der Waals surface area contributed by atoms with E-state index in [1.165, 1.54) is 0 Å². The first-order chi connectivity index (χ1) is 10.7. The van der Waals surface area contributed by atoms with Crippen LogP contribution >= 0.6 is 15.9 Å². The molecule has 1 amide bonds. The minimum absolute atomic E-state index is 0.292. The Morgan fingerprint density at radius 1 is 1.14 bits per heavy atom. The number of rotatable bonds is 6. The fourth-order valence-electron chi connectivity index (χ4n) is 1.86. The number of hydrogen-bond acceptors (Lipinski definition) is 2. The van der Waals surface area contributed by atoms with Crippen molar-refractivity contribution >= 4 is 28.1 Å². The monoisotopic (exact) mass is 359 g/mol. The number of hydrogen-bond donors (Lipinski definition) is 1.